The maximum absolute atomic E-state index is 6.13. The maximum atomic E-state index is 6.13. The van der Waals surface area contributed by atoms with Gasteiger partial charge in [-0.05, 0) is 18.2 Å². The van der Waals surface area contributed by atoms with E-state index in [1.165, 1.54) is 5.56 Å². The molecule has 5 nitrogen and oxygen atoms in total. The first-order valence-corrected chi connectivity index (χ1v) is 6.53. The molecule has 1 aliphatic heterocycles. The van der Waals surface area contributed by atoms with E-state index >= 15 is 0 Å². The Morgan fingerprint density at radius 1 is 1.30 bits per heavy atom. The van der Waals surface area contributed by atoms with Crippen LogP contribution in [-0.2, 0) is 13.6 Å². The van der Waals surface area contributed by atoms with Gasteiger partial charge in [0.1, 0.15) is 6.54 Å². The van der Waals surface area contributed by atoms with E-state index in [9.17, 15) is 0 Å². The van der Waals surface area contributed by atoms with E-state index in [2.05, 4.69) is 19.1 Å². The van der Waals surface area contributed by atoms with Gasteiger partial charge in [0.05, 0.1) is 18.0 Å². The van der Waals surface area contributed by atoms with Gasteiger partial charge in [-0.2, -0.15) is 4.57 Å². The third-order valence-corrected chi connectivity index (χ3v) is 4.04. The van der Waals surface area contributed by atoms with Gasteiger partial charge in [0.25, 0.3) is 5.89 Å². The Hall–Kier alpha value is -2.69. The Balaban J connectivity index is 1.97. The van der Waals surface area contributed by atoms with Crippen molar-refractivity contribution in [1.82, 2.24) is 14.5 Å². The van der Waals surface area contributed by atoms with Crippen LogP contribution in [0.3, 0.4) is 0 Å². The minimum atomic E-state index is 0.824. The van der Waals surface area contributed by atoms with E-state index in [1.807, 2.05) is 43.8 Å². The second kappa shape index (κ2) is 3.25. The molecule has 4 aromatic heterocycles. The molecule has 0 saturated carbocycles. The highest BCUT2D eigenvalue weighted by Gasteiger charge is 2.34. The molecule has 0 spiro atoms. The minimum Gasteiger partial charge on any atom is -0.413 e. The zero-order chi connectivity index (χ0) is 13.3. The summed E-state index contributed by atoms with van der Waals surface area (Å²) in [6, 6.07) is 6.04. The van der Waals surface area contributed by atoms with Gasteiger partial charge in [-0.15, -0.1) is 0 Å². The molecule has 0 radical (unpaired) electrons. The van der Waals surface area contributed by atoms with E-state index in [0.717, 1.165) is 40.3 Å². The lowest BCUT2D eigenvalue weighted by molar-refractivity contribution is -0.652. The molecule has 0 bridgehead atoms. The van der Waals surface area contributed by atoms with Crippen molar-refractivity contribution >= 4 is 22.3 Å². The highest BCUT2D eigenvalue weighted by molar-refractivity contribution is 6.00. The van der Waals surface area contributed by atoms with Crippen LogP contribution in [0.4, 0.5) is 0 Å². The first-order valence-electron chi connectivity index (χ1n) is 6.53. The van der Waals surface area contributed by atoms with Crippen LogP contribution in [0.15, 0.2) is 41.2 Å². The quantitative estimate of drug-likeness (QED) is 0.402. The summed E-state index contributed by atoms with van der Waals surface area (Å²) in [5, 5.41) is 1.05. The number of oxazole rings is 1. The Bertz CT molecular complexity index is 996. The van der Waals surface area contributed by atoms with E-state index in [0.29, 0.717) is 0 Å². The van der Waals surface area contributed by atoms with Crippen LogP contribution in [0.25, 0.3) is 33.7 Å². The lowest BCUT2D eigenvalue weighted by Gasteiger charge is -1.91. The molecule has 0 unspecified atom stereocenters. The molecule has 0 atom stereocenters. The van der Waals surface area contributed by atoms with E-state index in [-0.39, 0.29) is 0 Å². The van der Waals surface area contributed by atoms with Crippen LogP contribution in [-0.4, -0.2) is 14.5 Å². The standard InChI is InChI=1S/C15H11N4O/c1-18-13-10(3-2-5-17-13)12-14(18)19-8-9-4-6-16-7-11(9)15(19)20-12/h2-7H,8H2,1H3/q+1. The minimum absolute atomic E-state index is 0.824. The summed E-state index contributed by atoms with van der Waals surface area (Å²) in [5.41, 5.74) is 5.26. The van der Waals surface area contributed by atoms with Gasteiger partial charge in [0.2, 0.25) is 11.2 Å². The van der Waals surface area contributed by atoms with Crippen LogP contribution in [0, 0.1) is 0 Å². The highest BCUT2D eigenvalue weighted by atomic mass is 16.4. The predicted octanol–water partition coefficient (Wildman–Crippen LogP) is 2.03. The molecule has 0 N–H and O–H groups in total. The maximum Gasteiger partial charge on any atom is 0.330 e. The Labute approximate surface area is 114 Å². The summed E-state index contributed by atoms with van der Waals surface area (Å²) in [7, 11) is 2.03. The van der Waals surface area contributed by atoms with Gasteiger partial charge in [0.15, 0.2) is 0 Å². The van der Waals surface area contributed by atoms with Gasteiger partial charge < -0.3 is 4.42 Å². The molecule has 0 aromatic carbocycles. The first-order chi connectivity index (χ1) is 9.84. The van der Waals surface area contributed by atoms with Crippen LogP contribution >= 0.6 is 0 Å². The van der Waals surface area contributed by atoms with Crippen molar-refractivity contribution in [2.24, 2.45) is 7.05 Å². The molecule has 4 aromatic rings. The molecule has 5 rings (SSSR count). The molecule has 96 valence electrons. The Kier molecular flexibility index (Phi) is 1.65. The molecule has 0 fully saturated rings. The zero-order valence-corrected chi connectivity index (χ0v) is 10.9. The number of pyridine rings is 2. The molecular formula is C15H11N4O+. The summed E-state index contributed by atoms with van der Waals surface area (Å²) in [5.74, 6) is 0.888. The summed E-state index contributed by atoms with van der Waals surface area (Å²) >= 11 is 0. The number of nitrogens with zero attached hydrogens (tertiary/aromatic N) is 4. The third kappa shape index (κ3) is 1.02. The number of hydrogen-bond donors (Lipinski definition) is 0. The van der Waals surface area contributed by atoms with Crippen molar-refractivity contribution in [3.8, 4) is 11.5 Å². The molecular weight excluding hydrogens is 252 g/mol. The molecule has 5 heteroatoms. The van der Waals surface area contributed by atoms with Crippen LogP contribution in [0.2, 0.25) is 0 Å². The van der Waals surface area contributed by atoms with Crippen LogP contribution in [0.5, 0.6) is 0 Å². The zero-order valence-electron chi connectivity index (χ0n) is 10.9. The van der Waals surface area contributed by atoms with E-state index < -0.39 is 0 Å². The number of aryl methyl sites for hydroxylation is 1. The van der Waals surface area contributed by atoms with Crippen molar-refractivity contribution < 1.29 is 8.98 Å². The average molecular weight is 263 g/mol. The molecule has 0 aliphatic carbocycles. The van der Waals surface area contributed by atoms with Crippen LogP contribution in [0.1, 0.15) is 5.56 Å². The second-order valence-corrected chi connectivity index (χ2v) is 5.11. The topological polar surface area (TPSA) is 47.7 Å². The fourth-order valence-electron chi connectivity index (χ4n) is 3.14. The smallest absolute Gasteiger partial charge is 0.330 e. The lowest BCUT2D eigenvalue weighted by atomic mass is 10.2. The largest absolute Gasteiger partial charge is 0.413 e. The monoisotopic (exact) mass is 263 g/mol. The highest BCUT2D eigenvalue weighted by Crippen LogP contribution is 2.34. The average Bonchev–Trinajstić information content (AvgIpc) is 3.09. The van der Waals surface area contributed by atoms with Crippen molar-refractivity contribution in [3.63, 3.8) is 0 Å². The normalized spacial score (nSPS) is 13.1. The third-order valence-electron chi connectivity index (χ3n) is 4.04. The van der Waals surface area contributed by atoms with Gasteiger partial charge in [-0.3, -0.25) is 4.98 Å². The van der Waals surface area contributed by atoms with E-state index in [4.69, 9.17) is 4.42 Å². The summed E-state index contributed by atoms with van der Waals surface area (Å²) in [6.07, 6.45) is 5.51. The second-order valence-electron chi connectivity index (χ2n) is 5.11. The van der Waals surface area contributed by atoms with E-state index in [1.54, 1.807) is 0 Å². The van der Waals surface area contributed by atoms with Crippen molar-refractivity contribution in [1.29, 1.82) is 0 Å². The summed E-state index contributed by atoms with van der Waals surface area (Å²) < 4.78 is 10.4. The number of fused-ring (bicyclic) bond motifs is 7. The Morgan fingerprint density at radius 2 is 2.25 bits per heavy atom. The number of aromatic nitrogens is 4. The number of hydrogen-bond acceptors (Lipinski definition) is 3. The summed E-state index contributed by atoms with van der Waals surface area (Å²) in [6.45, 7) is 0.824. The molecule has 5 heterocycles. The molecule has 1 aliphatic rings. The van der Waals surface area contributed by atoms with Crippen molar-refractivity contribution in [2.45, 2.75) is 6.54 Å². The predicted molar refractivity (Wildman–Crippen MR) is 73.0 cm³/mol. The Morgan fingerprint density at radius 3 is 3.20 bits per heavy atom. The van der Waals surface area contributed by atoms with Crippen molar-refractivity contribution in [3.05, 3.63) is 42.4 Å². The van der Waals surface area contributed by atoms with Gasteiger partial charge >= 0.3 is 5.65 Å². The fourth-order valence-corrected chi connectivity index (χ4v) is 3.14. The fraction of sp³-hybridized carbons (Fsp3) is 0.133. The molecule has 0 saturated heterocycles. The van der Waals surface area contributed by atoms with Gasteiger partial charge in [0, 0.05) is 24.2 Å². The first kappa shape index (κ1) is 10.1. The number of rotatable bonds is 0. The SMILES string of the molecule is Cn1c2ncccc2c2oc3[n+](c21)Cc1ccncc1-3. The lowest BCUT2D eigenvalue weighted by Crippen LogP contribution is -2.32. The van der Waals surface area contributed by atoms with Crippen LogP contribution < -0.4 is 4.57 Å². The van der Waals surface area contributed by atoms with Crippen molar-refractivity contribution in [2.75, 3.05) is 0 Å². The molecule has 20 heavy (non-hydrogen) atoms. The molecule has 0 amide bonds. The summed E-state index contributed by atoms with van der Waals surface area (Å²) in [4.78, 5) is 8.64. The van der Waals surface area contributed by atoms with Gasteiger partial charge in [-0.1, -0.05) is 0 Å². The van der Waals surface area contributed by atoms with Gasteiger partial charge in [-0.25, -0.2) is 9.55 Å².